The van der Waals surface area contributed by atoms with E-state index in [9.17, 15) is 10.1 Å². The Morgan fingerprint density at radius 1 is 1.10 bits per heavy atom. The smallest absolute Gasteiger partial charge is 0.276 e. The Morgan fingerprint density at radius 2 is 1.90 bits per heavy atom. The van der Waals surface area contributed by atoms with Gasteiger partial charge < -0.3 is 4.90 Å². The van der Waals surface area contributed by atoms with Gasteiger partial charge in [0.1, 0.15) is 0 Å². The van der Waals surface area contributed by atoms with Gasteiger partial charge in [0.05, 0.1) is 10.5 Å². The van der Waals surface area contributed by atoms with Crippen LogP contribution in [0.1, 0.15) is 16.7 Å². The number of nitrogens with zero attached hydrogens (tertiary/aromatic N) is 2. The van der Waals surface area contributed by atoms with Crippen LogP contribution in [0.25, 0.3) is 6.08 Å². The number of fused-ring (bicyclic) bond motifs is 1. The summed E-state index contributed by atoms with van der Waals surface area (Å²) in [5.74, 6) is 0. The van der Waals surface area contributed by atoms with E-state index in [-0.39, 0.29) is 10.6 Å². The van der Waals surface area contributed by atoms with E-state index in [0.29, 0.717) is 6.54 Å². The molecular formula is C16H14N2O2. The van der Waals surface area contributed by atoms with E-state index in [4.69, 9.17) is 0 Å². The van der Waals surface area contributed by atoms with Crippen LogP contribution in [0.15, 0.2) is 54.7 Å². The van der Waals surface area contributed by atoms with Crippen LogP contribution in [0.5, 0.6) is 0 Å². The Morgan fingerprint density at radius 3 is 2.65 bits per heavy atom. The predicted octanol–water partition coefficient (Wildman–Crippen LogP) is 3.58. The fourth-order valence-corrected chi connectivity index (χ4v) is 2.47. The SMILES string of the molecule is O=[N+]([O-])c1cccc2c1C=CN(Cc1ccccc1)C2. The normalized spacial score (nSPS) is 13.1. The van der Waals surface area contributed by atoms with E-state index >= 15 is 0 Å². The molecule has 1 aliphatic rings. The topological polar surface area (TPSA) is 46.4 Å². The van der Waals surface area contributed by atoms with Gasteiger partial charge in [-0.25, -0.2) is 0 Å². The molecule has 2 aromatic rings. The molecule has 0 atom stereocenters. The lowest BCUT2D eigenvalue weighted by Crippen LogP contribution is -2.19. The van der Waals surface area contributed by atoms with Crippen molar-refractivity contribution in [2.45, 2.75) is 13.1 Å². The lowest BCUT2D eigenvalue weighted by atomic mass is 10.0. The van der Waals surface area contributed by atoms with Crippen LogP contribution in [-0.4, -0.2) is 9.82 Å². The first-order valence-corrected chi connectivity index (χ1v) is 6.46. The van der Waals surface area contributed by atoms with Gasteiger partial charge in [-0.2, -0.15) is 0 Å². The van der Waals surface area contributed by atoms with Gasteiger partial charge >= 0.3 is 0 Å². The van der Waals surface area contributed by atoms with Crippen molar-refractivity contribution in [3.8, 4) is 0 Å². The largest absolute Gasteiger partial charge is 0.369 e. The molecule has 0 saturated heterocycles. The monoisotopic (exact) mass is 266 g/mol. The summed E-state index contributed by atoms with van der Waals surface area (Å²) in [7, 11) is 0. The highest BCUT2D eigenvalue weighted by Crippen LogP contribution is 2.28. The van der Waals surface area contributed by atoms with Crippen molar-refractivity contribution in [2.24, 2.45) is 0 Å². The third-order valence-corrected chi connectivity index (χ3v) is 3.42. The molecule has 3 rings (SSSR count). The van der Waals surface area contributed by atoms with E-state index in [2.05, 4.69) is 17.0 Å². The van der Waals surface area contributed by atoms with Crippen molar-refractivity contribution in [2.75, 3.05) is 0 Å². The minimum Gasteiger partial charge on any atom is -0.369 e. The van der Waals surface area contributed by atoms with Crippen molar-refractivity contribution in [1.29, 1.82) is 0 Å². The molecule has 20 heavy (non-hydrogen) atoms. The van der Waals surface area contributed by atoms with E-state index in [1.54, 1.807) is 12.1 Å². The van der Waals surface area contributed by atoms with Gasteiger partial charge in [-0.1, -0.05) is 42.5 Å². The standard InChI is InChI=1S/C16H14N2O2/c19-18(20)16-8-4-7-14-12-17(10-9-15(14)16)11-13-5-2-1-3-6-13/h1-10H,11-12H2. The summed E-state index contributed by atoms with van der Waals surface area (Å²) in [6.07, 6.45) is 3.77. The van der Waals surface area contributed by atoms with Gasteiger partial charge in [0.25, 0.3) is 5.69 Å². The second-order valence-corrected chi connectivity index (χ2v) is 4.81. The van der Waals surface area contributed by atoms with Gasteiger partial charge in [0.2, 0.25) is 0 Å². The molecule has 0 fully saturated rings. The number of nitro groups is 1. The minimum absolute atomic E-state index is 0.179. The highest BCUT2D eigenvalue weighted by molar-refractivity contribution is 5.65. The van der Waals surface area contributed by atoms with Crippen molar-refractivity contribution in [1.82, 2.24) is 4.90 Å². The summed E-state index contributed by atoms with van der Waals surface area (Å²) in [6, 6.07) is 15.4. The molecule has 2 aromatic carbocycles. The molecule has 4 heteroatoms. The molecule has 4 nitrogen and oxygen atoms in total. The van der Waals surface area contributed by atoms with Gasteiger partial charge in [0, 0.05) is 25.4 Å². The summed E-state index contributed by atoms with van der Waals surface area (Å²) < 4.78 is 0. The Kier molecular flexibility index (Phi) is 3.21. The third kappa shape index (κ3) is 2.40. The zero-order chi connectivity index (χ0) is 13.9. The Labute approximate surface area is 117 Å². The maximum Gasteiger partial charge on any atom is 0.276 e. The Balaban J connectivity index is 1.84. The third-order valence-electron chi connectivity index (χ3n) is 3.42. The molecule has 1 heterocycles. The molecule has 0 radical (unpaired) electrons. The number of hydrogen-bond acceptors (Lipinski definition) is 3. The van der Waals surface area contributed by atoms with Crippen LogP contribution in [0.3, 0.4) is 0 Å². The molecule has 0 saturated carbocycles. The minimum atomic E-state index is -0.323. The van der Waals surface area contributed by atoms with Gasteiger partial charge in [0.15, 0.2) is 0 Å². The molecule has 0 bridgehead atoms. The first kappa shape index (κ1) is 12.4. The summed E-state index contributed by atoms with van der Waals surface area (Å²) >= 11 is 0. The lowest BCUT2D eigenvalue weighted by Gasteiger charge is -2.25. The second-order valence-electron chi connectivity index (χ2n) is 4.81. The van der Waals surface area contributed by atoms with Crippen molar-refractivity contribution < 1.29 is 4.92 Å². The zero-order valence-corrected chi connectivity index (χ0v) is 10.9. The Bertz CT molecular complexity index is 665. The maximum atomic E-state index is 11.0. The molecule has 0 amide bonds. The molecular weight excluding hydrogens is 252 g/mol. The average molecular weight is 266 g/mol. The summed E-state index contributed by atoms with van der Waals surface area (Å²) in [5.41, 5.74) is 3.13. The van der Waals surface area contributed by atoms with E-state index in [0.717, 1.165) is 17.7 Å². The van der Waals surface area contributed by atoms with Gasteiger partial charge in [-0.05, 0) is 17.2 Å². The number of benzene rings is 2. The van der Waals surface area contributed by atoms with Crippen molar-refractivity contribution in [3.05, 3.63) is 81.5 Å². The molecule has 0 unspecified atom stereocenters. The number of rotatable bonds is 3. The van der Waals surface area contributed by atoms with Gasteiger partial charge in [-0.3, -0.25) is 10.1 Å². The molecule has 100 valence electrons. The average Bonchev–Trinajstić information content (AvgIpc) is 2.47. The molecule has 0 aliphatic carbocycles. The van der Waals surface area contributed by atoms with Crippen LogP contribution < -0.4 is 0 Å². The van der Waals surface area contributed by atoms with Gasteiger partial charge in [-0.15, -0.1) is 0 Å². The van der Waals surface area contributed by atoms with E-state index in [1.807, 2.05) is 36.5 Å². The summed E-state index contributed by atoms with van der Waals surface area (Å²) in [4.78, 5) is 12.8. The zero-order valence-electron chi connectivity index (χ0n) is 10.9. The van der Waals surface area contributed by atoms with Crippen molar-refractivity contribution in [3.63, 3.8) is 0 Å². The highest BCUT2D eigenvalue weighted by atomic mass is 16.6. The van der Waals surface area contributed by atoms with E-state index < -0.39 is 0 Å². The Hall–Kier alpha value is -2.62. The molecule has 0 N–H and O–H groups in total. The predicted molar refractivity (Wildman–Crippen MR) is 77.8 cm³/mol. The fourth-order valence-electron chi connectivity index (χ4n) is 2.47. The number of hydrogen-bond donors (Lipinski definition) is 0. The van der Waals surface area contributed by atoms with Crippen LogP contribution in [0.2, 0.25) is 0 Å². The summed E-state index contributed by atoms with van der Waals surface area (Å²) in [5, 5.41) is 11.0. The van der Waals surface area contributed by atoms with Crippen LogP contribution in [0, 0.1) is 10.1 Å². The lowest BCUT2D eigenvalue weighted by molar-refractivity contribution is -0.385. The molecule has 0 aromatic heterocycles. The van der Waals surface area contributed by atoms with Crippen LogP contribution >= 0.6 is 0 Å². The number of nitro benzene ring substituents is 1. The quantitative estimate of drug-likeness (QED) is 0.630. The van der Waals surface area contributed by atoms with Crippen LogP contribution in [-0.2, 0) is 13.1 Å². The molecule has 1 aliphatic heterocycles. The highest BCUT2D eigenvalue weighted by Gasteiger charge is 2.19. The molecule has 0 spiro atoms. The maximum absolute atomic E-state index is 11.0. The van der Waals surface area contributed by atoms with E-state index in [1.165, 1.54) is 5.56 Å². The first-order valence-electron chi connectivity index (χ1n) is 6.46. The van der Waals surface area contributed by atoms with Crippen molar-refractivity contribution >= 4 is 11.8 Å². The fraction of sp³-hybridized carbons (Fsp3) is 0.125. The summed E-state index contributed by atoms with van der Waals surface area (Å²) in [6.45, 7) is 1.50. The second kappa shape index (κ2) is 5.17. The first-order chi connectivity index (χ1) is 9.74. The van der Waals surface area contributed by atoms with Crippen LogP contribution in [0.4, 0.5) is 5.69 Å².